The number of aromatic nitrogens is 5. The van der Waals surface area contributed by atoms with E-state index >= 15 is 0 Å². The molecular formula is C11H11N5O. The number of nitrogens with one attached hydrogen (secondary N) is 1. The average molecular weight is 229 g/mol. The topological polar surface area (TPSA) is 68.6 Å². The molecule has 0 saturated carbocycles. The van der Waals surface area contributed by atoms with Gasteiger partial charge >= 0.3 is 0 Å². The first-order valence-electron chi connectivity index (χ1n) is 5.19. The largest absolute Gasteiger partial charge is 0.494 e. The van der Waals surface area contributed by atoms with E-state index in [9.17, 15) is 0 Å². The van der Waals surface area contributed by atoms with Gasteiger partial charge in [0.05, 0.1) is 30.7 Å². The molecule has 0 aliphatic carbocycles. The number of H-pyrrole nitrogens is 1. The highest BCUT2D eigenvalue weighted by molar-refractivity contribution is 5.90. The van der Waals surface area contributed by atoms with Crippen LogP contribution in [0, 0.1) is 6.92 Å². The number of hydrogen-bond donors (Lipinski definition) is 1. The molecule has 17 heavy (non-hydrogen) atoms. The third-order valence-electron chi connectivity index (χ3n) is 2.59. The van der Waals surface area contributed by atoms with Crippen LogP contribution in [-0.2, 0) is 0 Å². The molecule has 0 aliphatic heterocycles. The van der Waals surface area contributed by atoms with Gasteiger partial charge in [-0.05, 0) is 13.0 Å². The zero-order chi connectivity index (χ0) is 11.8. The molecule has 0 bridgehead atoms. The van der Waals surface area contributed by atoms with Gasteiger partial charge in [0.15, 0.2) is 5.82 Å². The highest BCUT2D eigenvalue weighted by Gasteiger charge is 2.11. The van der Waals surface area contributed by atoms with Crippen molar-refractivity contribution in [1.29, 1.82) is 0 Å². The predicted molar refractivity (Wildman–Crippen MR) is 62.3 cm³/mol. The van der Waals surface area contributed by atoms with Crippen LogP contribution < -0.4 is 4.74 Å². The molecule has 0 aromatic carbocycles. The molecule has 3 rings (SSSR count). The summed E-state index contributed by atoms with van der Waals surface area (Å²) < 4.78 is 6.90. The van der Waals surface area contributed by atoms with Crippen LogP contribution >= 0.6 is 0 Å². The molecule has 3 aromatic rings. The van der Waals surface area contributed by atoms with Crippen molar-refractivity contribution >= 4 is 10.9 Å². The molecule has 0 aliphatic rings. The minimum Gasteiger partial charge on any atom is -0.494 e. The molecule has 0 unspecified atom stereocenters. The van der Waals surface area contributed by atoms with E-state index in [-0.39, 0.29) is 0 Å². The smallest absolute Gasteiger partial charge is 0.179 e. The summed E-state index contributed by atoms with van der Waals surface area (Å²) >= 11 is 0. The maximum Gasteiger partial charge on any atom is 0.179 e. The Morgan fingerprint density at radius 3 is 3.00 bits per heavy atom. The Bertz CT molecular complexity index is 669. The Labute approximate surface area is 97.2 Å². The second kappa shape index (κ2) is 3.58. The zero-order valence-corrected chi connectivity index (χ0v) is 9.51. The molecule has 3 aromatic heterocycles. The maximum atomic E-state index is 5.25. The minimum absolute atomic E-state index is 0.714. The van der Waals surface area contributed by atoms with E-state index in [4.69, 9.17) is 4.74 Å². The highest BCUT2D eigenvalue weighted by atomic mass is 16.5. The molecule has 6 nitrogen and oxygen atoms in total. The average Bonchev–Trinajstić information content (AvgIpc) is 2.96. The van der Waals surface area contributed by atoms with Gasteiger partial charge in [0.2, 0.25) is 0 Å². The van der Waals surface area contributed by atoms with E-state index in [1.54, 1.807) is 18.0 Å². The Morgan fingerprint density at radius 2 is 2.29 bits per heavy atom. The van der Waals surface area contributed by atoms with Gasteiger partial charge in [-0.1, -0.05) is 5.21 Å². The van der Waals surface area contributed by atoms with Gasteiger partial charge in [-0.2, -0.15) is 4.68 Å². The number of hydrogen-bond acceptors (Lipinski definition) is 4. The van der Waals surface area contributed by atoms with Crippen molar-refractivity contribution < 1.29 is 4.74 Å². The first-order chi connectivity index (χ1) is 8.29. The molecule has 0 amide bonds. The van der Waals surface area contributed by atoms with E-state index in [1.165, 1.54) is 0 Å². The summed E-state index contributed by atoms with van der Waals surface area (Å²) in [5.41, 5.74) is 1.73. The number of methoxy groups -OCH3 is 1. The van der Waals surface area contributed by atoms with Gasteiger partial charge < -0.3 is 9.72 Å². The van der Waals surface area contributed by atoms with Crippen molar-refractivity contribution in [1.82, 2.24) is 25.0 Å². The summed E-state index contributed by atoms with van der Waals surface area (Å²) in [6.07, 6.45) is 5.36. The normalized spacial score (nSPS) is 10.9. The summed E-state index contributed by atoms with van der Waals surface area (Å²) in [6.45, 7) is 1.89. The van der Waals surface area contributed by atoms with Gasteiger partial charge in [-0.15, -0.1) is 5.10 Å². The first kappa shape index (κ1) is 9.83. The van der Waals surface area contributed by atoms with E-state index in [0.29, 0.717) is 5.82 Å². The van der Waals surface area contributed by atoms with Crippen molar-refractivity contribution in [2.24, 2.45) is 0 Å². The Kier molecular flexibility index (Phi) is 2.07. The predicted octanol–water partition coefficient (Wildman–Crippen LogP) is 1.46. The van der Waals surface area contributed by atoms with Crippen LogP contribution in [0.1, 0.15) is 5.69 Å². The SMILES string of the molecule is COc1cnc(-n2cc(C)nn2)c2[nH]ccc12. The molecular weight excluding hydrogens is 218 g/mol. The van der Waals surface area contributed by atoms with Gasteiger partial charge in [0.25, 0.3) is 0 Å². The molecule has 0 fully saturated rings. The molecule has 0 spiro atoms. The summed E-state index contributed by atoms with van der Waals surface area (Å²) in [7, 11) is 1.63. The number of rotatable bonds is 2. The zero-order valence-electron chi connectivity index (χ0n) is 9.51. The van der Waals surface area contributed by atoms with E-state index < -0.39 is 0 Å². The lowest BCUT2D eigenvalue weighted by Crippen LogP contribution is -2.00. The first-order valence-corrected chi connectivity index (χ1v) is 5.19. The van der Waals surface area contributed by atoms with E-state index in [0.717, 1.165) is 22.3 Å². The van der Waals surface area contributed by atoms with Crippen LogP contribution in [0.4, 0.5) is 0 Å². The standard InChI is InChI=1S/C11H11N5O/c1-7-6-16(15-14-7)11-10-8(3-4-12-10)9(17-2)5-13-11/h3-6,12H,1-2H3. The lowest BCUT2D eigenvalue weighted by Gasteiger charge is -2.05. The van der Waals surface area contributed by atoms with Crippen molar-refractivity contribution in [2.75, 3.05) is 7.11 Å². The Morgan fingerprint density at radius 1 is 1.41 bits per heavy atom. The van der Waals surface area contributed by atoms with Crippen molar-refractivity contribution in [3.63, 3.8) is 0 Å². The quantitative estimate of drug-likeness (QED) is 0.722. The van der Waals surface area contributed by atoms with E-state index in [1.807, 2.05) is 25.4 Å². The molecule has 3 heterocycles. The van der Waals surface area contributed by atoms with Crippen LogP contribution in [0.2, 0.25) is 0 Å². The molecule has 0 radical (unpaired) electrons. The van der Waals surface area contributed by atoms with Crippen LogP contribution in [0.15, 0.2) is 24.7 Å². The summed E-state index contributed by atoms with van der Waals surface area (Å²) in [5, 5.41) is 8.95. The number of fused-ring (bicyclic) bond motifs is 1. The van der Waals surface area contributed by atoms with Crippen LogP contribution in [-0.4, -0.2) is 32.1 Å². The second-order valence-corrected chi connectivity index (χ2v) is 3.72. The van der Waals surface area contributed by atoms with Crippen LogP contribution in [0.3, 0.4) is 0 Å². The summed E-state index contributed by atoms with van der Waals surface area (Å²) in [6, 6.07) is 1.95. The van der Waals surface area contributed by atoms with Crippen molar-refractivity contribution in [2.45, 2.75) is 6.92 Å². The number of nitrogens with zero attached hydrogens (tertiary/aromatic N) is 4. The number of pyridine rings is 1. The monoisotopic (exact) mass is 229 g/mol. The minimum atomic E-state index is 0.714. The highest BCUT2D eigenvalue weighted by Crippen LogP contribution is 2.27. The van der Waals surface area contributed by atoms with Crippen molar-refractivity contribution in [3.05, 3.63) is 30.4 Å². The van der Waals surface area contributed by atoms with Crippen LogP contribution in [0.25, 0.3) is 16.7 Å². The maximum absolute atomic E-state index is 5.25. The fourth-order valence-corrected chi connectivity index (χ4v) is 1.80. The van der Waals surface area contributed by atoms with Gasteiger partial charge in [-0.3, -0.25) is 0 Å². The summed E-state index contributed by atoms with van der Waals surface area (Å²) in [4.78, 5) is 7.48. The fraction of sp³-hybridized carbons (Fsp3) is 0.182. The number of aromatic amines is 1. The second-order valence-electron chi connectivity index (χ2n) is 3.72. The van der Waals surface area contributed by atoms with Gasteiger partial charge in [-0.25, -0.2) is 4.98 Å². The molecule has 0 atom stereocenters. The Hall–Kier alpha value is -2.37. The van der Waals surface area contributed by atoms with Gasteiger partial charge in [0.1, 0.15) is 5.75 Å². The molecule has 6 heteroatoms. The third-order valence-corrected chi connectivity index (χ3v) is 2.59. The fourth-order valence-electron chi connectivity index (χ4n) is 1.80. The van der Waals surface area contributed by atoms with E-state index in [2.05, 4.69) is 20.3 Å². The third kappa shape index (κ3) is 1.45. The summed E-state index contributed by atoms with van der Waals surface area (Å²) in [5.74, 6) is 1.45. The van der Waals surface area contributed by atoms with Gasteiger partial charge in [0, 0.05) is 11.6 Å². The number of aryl methyl sites for hydroxylation is 1. The lowest BCUT2D eigenvalue weighted by molar-refractivity contribution is 0.418. The molecule has 1 N–H and O–H groups in total. The molecule has 0 saturated heterocycles. The van der Waals surface area contributed by atoms with Crippen molar-refractivity contribution in [3.8, 4) is 11.6 Å². The molecule has 86 valence electrons. The number of ether oxygens (including phenoxy) is 1. The lowest BCUT2D eigenvalue weighted by atomic mass is 10.3. The van der Waals surface area contributed by atoms with Crippen LogP contribution in [0.5, 0.6) is 5.75 Å². The Balaban J connectivity index is 2.27.